The number of nitrogens with one attached hydrogen (secondary N) is 1. The molecule has 0 bridgehead atoms. The maximum atomic E-state index is 12.2. The van der Waals surface area contributed by atoms with E-state index in [-0.39, 0.29) is 11.6 Å². The van der Waals surface area contributed by atoms with Crippen LogP contribution in [-0.2, 0) is 9.59 Å². The van der Waals surface area contributed by atoms with Crippen molar-refractivity contribution in [2.24, 2.45) is 0 Å². The average molecular weight is 315 g/mol. The lowest BCUT2D eigenvalue weighted by Crippen LogP contribution is -2.48. The van der Waals surface area contributed by atoms with Gasteiger partial charge in [0, 0.05) is 44.5 Å². The van der Waals surface area contributed by atoms with Crippen molar-refractivity contribution >= 4 is 23.2 Å². The van der Waals surface area contributed by atoms with Crippen LogP contribution in [0.2, 0.25) is 0 Å². The Labute approximate surface area is 125 Å². The van der Waals surface area contributed by atoms with E-state index in [0.29, 0.717) is 26.2 Å². The Morgan fingerprint density at radius 3 is 2.05 bits per heavy atom. The van der Waals surface area contributed by atoms with Crippen molar-refractivity contribution in [3.05, 3.63) is 24.3 Å². The maximum Gasteiger partial charge on any atom is 0.471 e. The quantitative estimate of drug-likeness (QED) is 0.906. The van der Waals surface area contributed by atoms with Crippen molar-refractivity contribution in [1.29, 1.82) is 0 Å². The van der Waals surface area contributed by atoms with Gasteiger partial charge in [-0.15, -0.1) is 0 Å². The second-order valence-electron chi connectivity index (χ2n) is 4.99. The molecule has 1 aromatic carbocycles. The minimum Gasteiger partial charge on any atom is -0.368 e. The van der Waals surface area contributed by atoms with Crippen LogP contribution in [0.5, 0.6) is 0 Å². The van der Waals surface area contributed by atoms with Crippen LogP contribution in [0.1, 0.15) is 6.92 Å². The van der Waals surface area contributed by atoms with Gasteiger partial charge in [0.05, 0.1) is 0 Å². The molecule has 0 saturated carbocycles. The van der Waals surface area contributed by atoms with E-state index in [1.54, 1.807) is 22.3 Å². The molecule has 120 valence electrons. The van der Waals surface area contributed by atoms with E-state index in [9.17, 15) is 22.8 Å². The summed E-state index contributed by atoms with van der Waals surface area (Å²) in [6, 6.07) is 6.15. The van der Waals surface area contributed by atoms with E-state index in [2.05, 4.69) is 0 Å². The van der Waals surface area contributed by atoms with Crippen LogP contribution in [0.15, 0.2) is 24.3 Å². The fourth-order valence-corrected chi connectivity index (χ4v) is 2.24. The summed E-state index contributed by atoms with van der Waals surface area (Å²) in [5.41, 5.74) is 0.932. The number of nitrogens with zero attached hydrogens (tertiary/aromatic N) is 2. The second kappa shape index (κ2) is 6.25. The number of piperazine rings is 1. The van der Waals surface area contributed by atoms with Gasteiger partial charge in [-0.3, -0.25) is 9.59 Å². The third kappa shape index (κ3) is 3.90. The summed E-state index contributed by atoms with van der Waals surface area (Å²) in [5, 5.41) is 1.80. The third-order valence-electron chi connectivity index (χ3n) is 3.47. The Kier molecular flexibility index (Phi) is 4.58. The number of alkyl halides is 3. The molecule has 0 aliphatic carbocycles. The second-order valence-corrected chi connectivity index (χ2v) is 4.99. The van der Waals surface area contributed by atoms with Crippen LogP contribution in [0.3, 0.4) is 0 Å². The zero-order valence-electron chi connectivity index (χ0n) is 12.0. The van der Waals surface area contributed by atoms with Gasteiger partial charge < -0.3 is 15.1 Å². The summed E-state index contributed by atoms with van der Waals surface area (Å²) in [6.45, 7) is 4.07. The standard InChI is InChI=1S/C14H16F3N3O2/c1-10(21)19-6-8-20(9-7-19)12-4-2-11(3-5-12)18-13(22)14(15,16)17/h2-5H,6-9H2,1H3,(H,18,22). The number of halogens is 3. The van der Waals surface area contributed by atoms with E-state index >= 15 is 0 Å². The lowest BCUT2D eigenvalue weighted by Gasteiger charge is -2.35. The first-order valence-corrected chi connectivity index (χ1v) is 6.76. The topological polar surface area (TPSA) is 52.7 Å². The van der Waals surface area contributed by atoms with E-state index < -0.39 is 12.1 Å². The van der Waals surface area contributed by atoms with Gasteiger partial charge in [-0.2, -0.15) is 13.2 Å². The van der Waals surface area contributed by atoms with Crippen LogP contribution < -0.4 is 10.2 Å². The smallest absolute Gasteiger partial charge is 0.368 e. The van der Waals surface area contributed by atoms with Gasteiger partial charge in [-0.05, 0) is 24.3 Å². The average Bonchev–Trinajstić information content (AvgIpc) is 2.47. The number of anilines is 2. The first-order chi connectivity index (χ1) is 10.3. The number of hydrogen-bond donors (Lipinski definition) is 1. The van der Waals surface area contributed by atoms with Crippen LogP contribution >= 0.6 is 0 Å². The molecule has 2 amide bonds. The zero-order chi connectivity index (χ0) is 16.3. The van der Waals surface area contributed by atoms with Gasteiger partial charge in [0.25, 0.3) is 0 Å². The molecule has 0 aromatic heterocycles. The first-order valence-electron chi connectivity index (χ1n) is 6.76. The van der Waals surface area contributed by atoms with Crippen LogP contribution in [0.4, 0.5) is 24.5 Å². The molecule has 1 aliphatic rings. The van der Waals surface area contributed by atoms with Gasteiger partial charge in [-0.25, -0.2) is 0 Å². The van der Waals surface area contributed by atoms with Crippen LogP contribution in [0, 0.1) is 0 Å². The van der Waals surface area contributed by atoms with Crippen molar-refractivity contribution in [2.75, 3.05) is 36.4 Å². The monoisotopic (exact) mass is 315 g/mol. The van der Waals surface area contributed by atoms with E-state index in [1.165, 1.54) is 19.1 Å². The van der Waals surface area contributed by atoms with Crippen molar-refractivity contribution < 1.29 is 22.8 Å². The number of rotatable bonds is 2. The number of amides is 2. The lowest BCUT2D eigenvalue weighted by atomic mass is 10.2. The Bertz CT molecular complexity index is 549. The summed E-state index contributed by atoms with van der Waals surface area (Å²) in [6.07, 6.45) is -4.90. The highest BCUT2D eigenvalue weighted by molar-refractivity contribution is 5.95. The molecule has 1 fully saturated rings. The Morgan fingerprint density at radius 1 is 1.05 bits per heavy atom. The van der Waals surface area contributed by atoms with Crippen molar-refractivity contribution in [1.82, 2.24) is 4.90 Å². The van der Waals surface area contributed by atoms with Gasteiger partial charge in [-0.1, -0.05) is 0 Å². The summed E-state index contributed by atoms with van der Waals surface area (Å²) < 4.78 is 36.5. The lowest BCUT2D eigenvalue weighted by molar-refractivity contribution is -0.167. The SMILES string of the molecule is CC(=O)N1CCN(c2ccc(NC(=O)C(F)(F)F)cc2)CC1. The normalized spacial score (nSPS) is 15.6. The zero-order valence-corrected chi connectivity index (χ0v) is 12.0. The molecule has 1 heterocycles. The Morgan fingerprint density at radius 2 is 1.59 bits per heavy atom. The molecule has 2 rings (SSSR count). The molecule has 1 N–H and O–H groups in total. The highest BCUT2D eigenvalue weighted by Gasteiger charge is 2.38. The van der Waals surface area contributed by atoms with Gasteiger partial charge in [0.15, 0.2) is 0 Å². The number of benzene rings is 1. The minimum absolute atomic E-state index is 0.0323. The molecular formula is C14H16F3N3O2. The third-order valence-corrected chi connectivity index (χ3v) is 3.47. The molecule has 5 nitrogen and oxygen atoms in total. The van der Waals surface area contributed by atoms with E-state index in [0.717, 1.165) is 5.69 Å². The molecule has 0 radical (unpaired) electrons. The molecule has 1 saturated heterocycles. The summed E-state index contributed by atoms with van der Waals surface area (Å²) >= 11 is 0. The molecule has 8 heteroatoms. The number of carbonyl (C=O) groups excluding carboxylic acids is 2. The molecule has 0 unspecified atom stereocenters. The highest BCUT2D eigenvalue weighted by Crippen LogP contribution is 2.22. The minimum atomic E-state index is -4.90. The number of carbonyl (C=O) groups is 2. The van der Waals surface area contributed by atoms with E-state index in [1.807, 2.05) is 4.90 Å². The number of hydrogen-bond acceptors (Lipinski definition) is 3. The Balaban J connectivity index is 1.95. The molecule has 1 aromatic rings. The van der Waals surface area contributed by atoms with Crippen molar-refractivity contribution in [2.45, 2.75) is 13.1 Å². The predicted molar refractivity (Wildman–Crippen MR) is 75.6 cm³/mol. The van der Waals surface area contributed by atoms with Gasteiger partial charge >= 0.3 is 12.1 Å². The summed E-state index contributed by atoms with van der Waals surface area (Å²) in [5.74, 6) is -1.96. The first kappa shape index (κ1) is 16.1. The predicted octanol–water partition coefficient (Wildman–Crippen LogP) is 1.86. The largest absolute Gasteiger partial charge is 0.471 e. The summed E-state index contributed by atoms with van der Waals surface area (Å²) in [7, 11) is 0. The fraction of sp³-hybridized carbons (Fsp3) is 0.429. The van der Waals surface area contributed by atoms with E-state index in [4.69, 9.17) is 0 Å². The maximum absolute atomic E-state index is 12.2. The highest BCUT2D eigenvalue weighted by atomic mass is 19.4. The molecule has 0 spiro atoms. The fourth-order valence-electron chi connectivity index (χ4n) is 2.24. The Hall–Kier alpha value is -2.25. The van der Waals surface area contributed by atoms with Gasteiger partial charge in [0.1, 0.15) is 0 Å². The molecule has 0 atom stereocenters. The van der Waals surface area contributed by atoms with Crippen LogP contribution in [0.25, 0.3) is 0 Å². The molecular weight excluding hydrogens is 299 g/mol. The summed E-state index contributed by atoms with van der Waals surface area (Å²) in [4.78, 5) is 25.9. The van der Waals surface area contributed by atoms with Crippen molar-refractivity contribution in [3.8, 4) is 0 Å². The van der Waals surface area contributed by atoms with Gasteiger partial charge in [0.2, 0.25) is 5.91 Å². The van der Waals surface area contributed by atoms with Crippen LogP contribution in [-0.4, -0.2) is 49.1 Å². The molecule has 1 aliphatic heterocycles. The molecule has 22 heavy (non-hydrogen) atoms. The van der Waals surface area contributed by atoms with Crippen molar-refractivity contribution in [3.63, 3.8) is 0 Å².